The average Bonchev–Trinajstić information content (AvgIpc) is 2.52. The quantitative estimate of drug-likeness (QED) is 0.867. The molecule has 1 unspecified atom stereocenters. The highest BCUT2D eigenvalue weighted by Gasteiger charge is 2.31. The van der Waals surface area contributed by atoms with Crippen molar-refractivity contribution < 1.29 is 14.3 Å². The molecule has 0 saturated carbocycles. The maximum absolute atomic E-state index is 12.5. The summed E-state index contributed by atoms with van der Waals surface area (Å²) in [6, 6.07) is 12.9. The molecule has 0 fully saturated rings. The van der Waals surface area contributed by atoms with E-state index in [2.05, 4.69) is 0 Å². The van der Waals surface area contributed by atoms with Crippen LogP contribution in [0.1, 0.15) is 12.5 Å². The molecule has 0 saturated heterocycles. The number of carbonyl (C=O) groups excluding carboxylic acids is 1. The third kappa shape index (κ3) is 2.62. The molecule has 4 nitrogen and oxygen atoms in total. The van der Waals surface area contributed by atoms with Gasteiger partial charge in [-0.2, -0.15) is 0 Å². The van der Waals surface area contributed by atoms with Gasteiger partial charge < -0.3 is 14.4 Å². The van der Waals surface area contributed by atoms with Gasteiger partial charge in [-0.1, -0.05) is 23.7 Å². The minimum Gasteiger partial charge on any atom is -0.496 e. The number of ether oxygens (including phenoxy) is 2. The van der Waals surface area contributed by atoms with Crippen molar-refractivity contribution in [2.24, 2.45) is 0 Å². The van der Waals surface area contributed by atoms with E-state index < -0.39 is 6.10 Å². The molecule has 0 N–H and O–H groups in total. The fourth-order valence-corrected chi connectivity index (χ4v) is 2.76. The molecule has 0 radical (unpaired) electrons. The van der Waals surface area contributed by atoms with Gasteiger partial charge in [0.2, 0.25) is 0 Å². The Balaban J connectivity index is 2.01. The molecule has 0 aliphatic carbocycles. The predicted molar refractivity (Wildman–Crippen MR) is 85.7 cm³/mol. The van der Waals surface area contributed by atoms with Crippen LogP contribution in [0.15, 0.2) is 42.5 Å². The summed E-state index contributed by atoms with van der Waals surface area (Å²) in [5.74, 6) is 1.32. The van der Waals surface area contributed by atoms with E-state index in [0.29, 0.717) is 23.1 Å². The monoisotopic (exact) mass is 317 g/mol. The Morgan fingerprint density at radius 3 is 2.82 bits per heavy atom. The zero-order chi connectivity index (χ0) is 15.7. The Kier molecular flexibility index (Phi) is 3.94. The summed E-state index contributed by atoms with van der Waals surface area (Å²) in [4.78, 5) is 14.2. The number of hydrogen-bond acceptors (Lipinski definition) is 3. The van der Waals surface area contributed by atoms with Crippen LogP contribution in [-0.2, 0) is 11.3 Å². The SMILES string of the molecule is COc1ccc(Cl)cc1CN1C(=O)C(C)Oc2ccccc21. The van der Waals surface area contributed by atoms with Gasteiger partial charge in [0.05, 0.1) is 19.3 Å². The van der Waals surface area contributed by atoms with E-state index in [1.165, 1.54) is 0 Å². The molecule has 1 amide bonds. The lowest BCUT2D eigenvalue weighted by molar-refractivity contribution is -0.125. The predicted octanol–water partition coefficient (Wildman–Crippen LogP) is 3.66. The second-order valence-corrected chi connectivity index (χ2v) is 5.54. The first-order valence-corrected chi connectivity index (χ1v) is 7.37. The van der Waals surface area contributed by atoms with E-state index in [1.54, 1.807) is 31.1 Å². The molecular formula is C17H16ClNO3. The summed E-state index contributed by atoms with van der Waals surface area (Å²) in [5, 5.41) is 0.609. The topological polar surface area (TPSA) is 38.8 Å². The van der Waals surface area contributed by atoms with Crippen molar-refractivity contribution in [1.29, 1.82) is 0 Å². The number of carbonyl (C=O) groups is 1. The van der Waals surface area contributed by atoms with E-state index in [1.807, 2.05) is 30.3 Å². The molecule has 0 bridgehead atoms. The number of rotatable bonds is 3. The van der Waals surface area contributed by atoms with Crippen molar-refractivity contribution in [3.63, 3.8) is 0 Å². The maximum atomic E-state index is 12.5. The van der Waals surface area contributed by atoms with Crippen molar-refractivity contribution >= 4 is 23.2 Å². The molecule has 1 atom stereocenters. The van der Waals surface area contributed by atoms with Crippen LogP contribution in [0, 0.1) is 0 Å². The largest absolute Gasteiger partial charge is 0.496 e. The number of anilines is 1. The molecule has 1 heterocycles. The lowest BCUT2D eigenvalue weighted by Crippen LogP contribution is -2.44. The summed E-state index contributed by atoms with van der Waals surface area (Å²) in [6.07, 6.45) is -0.514. The van der Waals surface area contributed by atoms with Gasteiger partial charge in [-0.25, -0.2) is 0 Å². The van der Waals surface area contributed by atoms with Crippen LogP contribution in [0.3, 0.4) is 0 Å². The second kappa shape index (κ2) is 5.89. The molecule has 114 valence electrons. The summed E-state index contributed by atoms with van der Waals surface area (Å²) >= 11 is 6.07. The number of methoxy groups -OCH3 is 1. The van der Waals surface area contributed by atoms with Crippen molar-refractivity contribution in [2.75, 3.05) is 12.0 Å². The minimum absolute atomic E-state index is 0.0827. The van der Waals surface area contributed by atoms with Crippen LogP contribution in [0.4, 0.5) is 5.69 Å². The van der Waals surface area contributed by atoms with Gasteiger partial charge in [0, 0.05) is 10.6 Å². The molecule has 1 aliphatic rings. The maximum Gasteiger partial charge on any atom is 0.268 e. The Labute approximate surface area is 134 Å². The molecule has 5 heteroatoms. The van der Waals surface area contributed by atoms with Crippen molar-refractivity contribution in [3.8, 4) is 11.5 Å². The number of halogens is 1. The summed E-state index contributed by atoms with van der Waals surface area (Å²) in [6.45, 7) is 2.13. The van der Waals surface area contributed by atoms with E-state index in [0.717, 1.165) is 11.3 Å². The fourth-order valence-electron chi connectivity index (χ4n) is 2.56. The van der Waals surface area contributed by atoms with Crippen LogP contribution < -0.4 is 14.4 Å². The summed E-state index contributed by atoms with van der Waals surface area (Å²) < 4.78 is 11.0. The average molecular weight is 318 g/mol. The van der Waals surface area contributed by atoms with Crippen LogP contribution >= 0.6 is 11.6 Å². The Bertz CT molecular complexity index is 717. The Morgan fingerprint density at radius 1 is 1.27 bits per heavy atom. The number of nitrogens with zero attached hydrogens (tertiary/aromatic N) is 1. The molecule has 1 aliphatic heterocycles. The van der Waals surface area contributed by atoms with Gasteiger partial charge in [0.1, 0.15) is 11.5 Å². The number of amides is 1. The van der Waals surface area contributed by atoms with Gasteiger partial charge in [0.15, 0.2) is 6.10 Å². The van der Waals surface area contributed by atoms with Gasteiger partial charge in [-0.3, -0.25) is 4.79 Å². The summed E-state index contributed by atoms with van der Waals surface area (Å²) in [5.41, 5.74) is 1.61. The van der Waals surface area contributed by atoms with Gasteiger partial charge >= 0.3 is 0 Å². The molecule has 2 aromatic carbocycles. The number of benzene rings is 2. The van der Waals surface area contributed by atoms with Gasteiger partial charge in [-0.15, -0.1) is 0 Å². The van der Waals surface area contributed by atoms with E-state index in [4.69, 9.17) is 21.1 Å². The van der Waals surface area contributed by atoms with Crippen LogP contribution in [0.2, 0.25) is 5.02 Å². The first-order valence-electron chi connectivity index (χ1n) is 6.99. The Morgan fingerprint density at radius 2 is 2.05 bits per heavy atom. The highest BCUT2D eigenvalue weighted by Crippen LogP contribution is 2.36. The molecule has 2 aromatic rings. The van der Waals surface area contributed by atoms with Crippen LogP contribution in [0.25, 0.3) is 0 Å². The normalized spacial score (nSPS) is 17.0. The minimum atomic E-state index is -0.514. The lowest BCUT2D eigenvalue weighted by Gasteiger charge is -2.33. The molecule has 3 rings (SSSR count). The van der Waals surface area contributed by atoms with Crippen LogP contribution in [0.5, 0.6) is 11.5 Å². The molecule has 0 spiro atoms. The zero-order valence-electron chi connectivity index (χ0n) is 12.4. The molecular weight excluding hydrogens is 302 g/mol. The highest BCUT2D eigenvalue weighted by atomic mass is 35.5. The third-order valence-corrected chi connectivity index (χ3v) is 3.88. The fraction of sp³-hybridized carbons (Fsp3) is 0.235. The Hall–Kier alpha value is -2.20. The van der Waals surface area contributed by atoms with E-state index in [9.17, 15) is 4.79 Å². The molecule has 0 aromatic heterocycles. The zero-order valence-corrected chi connectivity index (χ0v) is 13.1. The molecule has 22 heavy (non-hydrogen) atoms. The first kappa shape index (κ1) is 14.7. The number of para-hydroxylation sites is 2. The number of fused-ring (bicyclic) bond motifs is 1. The van der Waals surface area contributed by atoms with Crippen molar-refractivity contribution in [1.82, 2.24) is 0 Å². The van der Waals surface area contributed by atoms with E-state index in [-0.39, 0.29) is 5.91 Å². The lowest BCUT2D eigenvalue weighted by atomic mass is 10.1. The third-order valence-electron chi connectivity index (χ3n) is 3.64. The van der Waals surface area contributed by atoms with Crippen molar-refractivity contribution in [3.05, 3.63) is 53.1 Å². The van der Waals surface area contributed by atoms with Crippen molar-refractivity contribution in [2.45, 2.75) is 19.6 Å². The first-order chi connectivity index (χ1) is 10.6. The highest BCUT2D eigenvalue weighted by molar-refractivity contribution is 6.30. The second-order valence-electron chi connectivity index (χ2n) is 5.11. The summed E-state index contributed by atoms with van der Waals surface area (Å²) in [7, 11) is 1.60. The van der Waals surface area contributed by atoms with Gasteiger partial charge in [-0.05, 0) is 37.3 Å². The smallest absolute Gasteiger partial charge is 0.268 e. The van der Waals surface area contributed by atoms with E-state index >= 15 is 0 Å². The van der Waals surface area contributed by atoms with Crippen LogP contribution in [-0.4, -0.2) is 19.1 Å². The standard InChI is InChI=1S/C17H16ClNO3/c1-11-17(20)19(14-5-3-4-6-16(14)22-11)10-12-9-13(18)7-8-15(12)21-2/h3-9,11H,10H2,1-2H3. The number of hydrogen-bond donors (Lipinski definition) is 0. The van der Waals surface area contributed by atoms with Gasteiger partial charge in [0.25, 0.3) is 5.91 Å².